The molecule has 0 atom stereocenters. The van der Waals surface area contributed by atoms with Crippen LogP contribution in [0, 0.1) is 6.92 Å². The van der Waals surface area contributed by atoms with E-state index in [1.165, 1.54) is 0 Å². The van der Waals surface area contributed by atoms with Crippen molar-refractivity contribution in [2.75, 3.05) is 5.32 Å². The lowest BCUT2D eigenvalue weighted by atomic mass is 10.3. The van der Waals surface area contributed by atoms with Gasteiger partial charge in [0.25, 0.3) is 0 Å². The highest BCUT2D eigenvalue weighted by Gasteiger charge is 2.06. The molecule has 1 heterocycles. The standard InChI is InChI=1S/C13H12Cl2N4O/c1-8-16-5-4-10(18-8)7-17-13(20)19-12-6-9(14)2-3-11(12)15/h2-6H,7H2,1H3,(H2,17,19,20). The third kappa shape index (κ3) is 4.08. The highest BCUT2D eigenvalue weighted by atomic mass is 35.5. The summed E-state index contributed by atoms with van der Waals surface area (Å²) in [5.74, 6) is 0.655. The molecule has 1 aromatic heterocycles. The second-order valence-corrected chi connectivity index (χ2v) is 4.87. The molecule has 0 unspecified atom stereocenters. The van der Waals surface area contributed by atoms with Crippen molar-refractivity contribution in [3.05, 3.63) is 52.0 Å². The summed E-state index contributed by atoms with van der Waals surface area (Å²) >= 11 is 11.8. The van der Waals surface area contributed by atoms with Crippen molar-refractivity contribution in [1.82, 2.24) is 15.3 Å². The lowest BCUT2D eigenvalue weighted by Gasteiger charge is -2.09. The first kappa shape index (κ1) is 14.6. The number of nitrogens with zero attached hydrogens (tertiary/aromatic N) is 2. The maximum atomic E-state index is 11.8. The minimum atomic E-state index is -0.384. The van der Waals surface area contributed by atoms with E-state index >= 15 is 0 Å². The van der Waals surface area contributed by atoms with Crippen LogP contribution in [0.3, 0.4) is 0 Å². The number of amides is 2. The van der Waals surface area contributed by atoms with Crippen LogP contribution in [0.5, 0.6) is 0 Å². The van der Waals surface area contributed by atoms with Gasteiger partial charge in [0.15, 0.2) is 0 Å². The van der Waals surface area contributed by atoms with Gasteiger partial charge in [-0.2, -0.15) is 0 Å². The fourth-order valence-corrected chi connectivity index (χ4v) is 1.87. The van der Waals surface area contributed by atoms with Crippen LogP contribution in [0.2, 0.25) is 10.0 Å². The number of nitrogens with one attached hydrogen (secondary N) is 2. The van der Waals surface area contributed by atoms with Crippen LogP contribution in [0.4, 0.5) is 10.5 Å². The molecule has 5 nitrogen and oxygen atoms in total. The van der Waals surface area contributed by atoms with Gasteiger partial charge in [-0.1, -0.05) is 23.2 Å². The van der Waals surface area contributed by atoms with E-state index in [9.17, 15) is 4.79 Å². The quantitative estimate of drug-likeness (QED) is 0.913. The van der Waals surface area contributed by atoms with E-state index < -0.39 is 0 Å². The predicted molar refractivity (Wildman–Crippen MR) is 79.1 cm³/mol. The normalized spacial score (nSPS) is 10.2. The third-order valence-corrected chi connectivity index (χ3v) is 3.01. The Hall–Kier alpha value is -1.85. The molecule has 104 valence electrons. The summed E-state index contributed by atoms with van der Waals surface area (Å²) in [4.78, 5) is 19.9. The Labute approximate surface area is 126 Å². The molecule has 0 bridgehead atoms. The van der Waals surface area contributed by atoms with Crippen molar-refractivity contribution in [2.24, 2.45) is 0 Å². The van der Waals surface area contributed by atoms with Crippen molar-refractivity contribution >= 4 is 34.9 Å². The summed E-state index contributed by atoms with van der Waals surface area (Å²) in [5, 5.41) is 6.22. The van der Waals surface area contributed by atoms with E-state index in [0.29, 0.717) is 28.1 Å². The molecule has 0 radical (unpaired) electrons. The van der Waals surface area contributed by atoms with Crippen LogP contribution in [0.15, 0.2) is 30.5 Å². The number of hydrogen-bond acceptors (Lipinski definition) is 3. The van der Waals surface area contributed by atoms with E-state index in [4.69, 9.17) is 23.2 Å². The molecular weight excluding hydrogens is 299 g/mol. The van der Waals surface area contributed by atoms with E-state index in [1.54, 1.807) is 37.4 Å². The van der Waals surface area contributed by atoms with Crippen LogP contribution in [-0.4, -0.2) is 16.0 Å². The van der Waals surface area contributed by atoms with Crippen LogP contribution < -0.4 is 10.6 Å². The van der Waals surface area contributed by atoms with E-state index in [1.807, 2.05) is 0 Å². The molecule has 0 spiro atoms. The fraction of sp³-hybridized carbons (Fsp3) is 0.154. The number of aryl methyl sites for hydroxylation is 1. The minimum Gasteiger partial charge on any atom is -0.332 e. The number of hydrogen-bond donors (Lipinski definition) is 2. The van der Waals surface area contributed by atoms with Crippen molar-refractivity contribution < 1.29 is 4.79 Å². The zero-order valence-corrected chi connectivity index (χ0v) is 12.2. The zero-order valence-electron chi connectivity index (χ0n) is 10.7. The van der Waals surface area contributed by atoms with Crippen molar-refractivity contribution in [1.29, 1.82) is 0 Å². The average molecular weight is 311 g/mol. The van der Waals surface area contributed by atoms with Crippen molar-refractivity contribution in [2.45, 2.75) is 13.5 Å². The lowest BCUT2D eigenvalue weighted by molar-refractivity contribution is 0.251. The molecule has 2 N–H and O–H groups in total. The molecule has 2 rings (SSSR count). The molecule has 0 saturated carbocycles. The Morgan fingerprint density at radius 3 is 2.85 bits per heavy atom. The molecular formula is C13H12Cl2N4O. The Balaban J connectivity index is 1.94. The highest BCUT2D eigenvalue weighted by Crippen LogP contribution is 2.25. The first-order chi connectivity index (χ1) is 9.54. The molecule has 0 fully saturated rings. The Morgan fingerprint density at radius 2 is 2.10 bits per heavy atom. The Kier molecular flexibility index (Phi) is 4.76. The second kappa shape index (κ2) is 6.54. The van der Waals surface area contributed by atoms with E-state index in [0.717, 1.165) is 5.69 Å². The molecule has 1 aromatic carbocycles. The molecule has 7 heteroatoms. The largest absolute Gasteiger partial charge is 0.332 e. The number of aromatic nitrogens is 2. The number of carbonyl (C=O) groups is 1. The number of anilines is 1. The van der Waals surface area contributed by atoms with Crippen molar-refractivity contribution in [3.63, 3.8) is 0 Å². The van der Waals surface area contributed by atoms with Gasteiger partial charge in [0.1, 0.15) is 5.82 Å². The molecule has 20 heavy (non-hydrogen) atoms. The average Bonchev–Trinajstić information content (AvgIpc) is 2.41. The second-order valence-electron chi connectivity index (χ2n) is 4.03. The van der Waals surface area contributed by atoms with E-state index in [-0.39, 0.29) is 6.03 Å². The van der Waals surface area contributed by atoms with Gasteiger partial charge in [-0.25, -0.2) is 14.8 Å². The molecule has 2 amide bonds. The number of halogens is 2. The summed E-state index contributed by atoms with van der Waals surface area (Å²) in [5.41, 5.74) is 1.18. The smallest absolute Gasteiger partial charge is 0.319 e. The number of urea groups is 1. The van der Waals surface area contributed by atoms with Crippen LogP contribution in [0.25, 0.3) is 0 Å². The monoisotopic (exact) mass is 310 g/mol. The van der Waals surface area contributed by atoms with Gasteiger partial charge in [-0.15, -0.1) is 0 Å². The maximum absolute atomic E-state index is 11.8. The number of carbonyl (C=O) groups excluding carboxylic acids is 1. The zero-order chi connectivity index (χ0) is 14.5. The molecule has 0 saturated heterocycles. The first-order valence-corrected chi connectivity index (χ1v) is 6.58. The summed E-state index contributed by atoms with van der Waals surface area (Å²) in [6.07, 6.45) is 1.64. The fourth-order valence-electron chi connectivity index (χ4n) is 1.53. The molecule has 0 aliphatic heterocycles. The summed E-state index contributed by atoms with van der Waals surface area (Å²) in [6.45, 7) is 2.09. The van der Waals surface area contributed by atoms with Gasteiger partial charge in [0, 0.05) is 11.2 Å². The summed E-state index contributed by atoms with van der Waals surface area (Å²) in [7, 11) is 0. The number of benzene rings is 1. The molecule has 0 aliphatic rings. The topological polar surface area (TPSA) is 66.9 Å². The Bertz CT molecular complexity index is 634. The van der Waals surface area contributed by atoms with Crippen LogP contribution >= 0.6 is 23.2 Å². The maximum Gasteiger partial charge on any atom is 0.319 e. The van der Waals surface area contributed by atoms with Gasteiger partial charge >= 0.3 is 6.03 Å². The summed E-state index contributed by atoms with van der Waals surface area (Å²) in [6, 6.07) is 6.20. The van der Waals surface area contributed by atoms with Crippen LogP contribution in [-0.2, 0) is 6.54 Å². The SMILES string of the molecule is Cc1nccc(CNC(=O)Nc2cc(Cl)ccc2Cl)n1. The van der Waals surface area contributed by atoms with Gasteiger partial charge in [-0.3, -0.25) is 0 Å². The summed E-state index contributed by atoms with van der Waals surface area (Å²) < 4.78 is 0. The lowest BCUT2D eigenvalue weighted by Crippen LogP contribution is -2.28. The number of rotatable bonds is 3. The molecule has 2 aromatic rings. The van der Waals surface area contributed by atoms with Gasteiger partial charge in [0.2, 0.25) is 0 Å². The Morgan fingerprint density at radius 1 is 1.30 bits per heavy atom. The third-order valence-electron chi connectivity index (χ3n) is 2.44. The van der Waals surface area contributed by atoms with Gasteiger partial charge in [-0.05, 0) is 31.2 Å². The molecule has 0 aliphatic carbocycles. The van der Waals surface area contributed by atoms with Gasteiger partial charge in [0.05, 0.1) is 22.9 Å². The van der Waals surface area contributed by atoms with Gasteiger partial charge < -0.3 is 10.6 Å². The van der Waals surface area contributed by atoms with E-state index in [2.05, 4.69) is 20.6 Å². The predicted octanol–water partition coefficient (Wildman–Crippen LogP) is 3.41. The minimum absolute atomic E-state index is 0.299. The highest BCUT2D eigenvalue weighted by molar-refractivity contribution is 6.35. The van der Waals surface area contributed by atoms with Crippen LogP contribution in [0.1, 0.15) is 11.5 Å². The van der Waals surface area contributed by atoms with Crippen molar-refractivity contribution in [3.8, 4) is 0 Å². The first-order valence-electron chi connectivity index (χ1n) is 5.83.